The van der Waals surface area contributed by atoms with E-state index in [0.717, 1.165) is 31.4 Å². The van der Waals surface area contributed by atoms with Gasteiger partial charge in [-0.05, 0) is 19.3 Å². The Morgan fingerprint density at radius 3 is 2.71 bits per heavy atom. The normalized spacial score (nSPS) is 20.2. The van der Waals surface area contributed by atoms with Gasteiger partial charge in [0.15, 0.2) is 0 Å². The molecule has 1 aromatic rings. The fourth-order valence-electron chi connectivity index (χ4n) is 2.38. The van der Waals surface area contributed by atoms with Crippen LogP contribution in [0.15, 0.2) is 6.07 Å². The molecule has 7 heteroatoms. The van der Waals surface area contributed by atoms with Crippen LogP contribution in [0.3, 0.4) is 0 Å². The fraction of sp³-hybridized carbons (Fsp3) is 0.706. The lowest BCUT2D eigenvalue weighted by Gasteiger charge is -2.33. The molecule has 1 aliphatic rings. The molecule has 24 heavy (non-hydrogen) atoms. The number of amides is 2. The van der Waals surface area contributed by atoms with Gasteiger partial charge >= 0.3 is 6.09 Å². The van der Waals surface area contributed by atoms with Gasteiger partial charge in [0.25, 0.3) is 0 Å². The van der Waals surface area contributed by atoms with E-state index in [4.69, 9.17) is 4.74 Å². The Bertz CT molecular complexity index is 571. The van der Waals surface area contributed by atoms with Crippen molar-refractivity contribution in [1.29, 1.82) is 0 Å². The first-order valence-corrected chi connectivity index (χ1v) is 8.60. The van der Waals surface area contributed by atoms with Crippen LogP contribution in [0, 0.1) is 5.41 Å². The highest BCUT2D eigenvalue weighted by atomic mass is 16.6. The lowest BCUT2D eigenvalue weighted by atomic mass is 9.80. The minimum Gasteiger partial charge on any atom is -0.446 e. The maximum absolute atomic E-state index is 12.0. The van der Waals surface area contributed by atoms with Gasteiger partial charge in [0, 0.05) is 23.9 Å². The van der Waals surface area contributed by atoms with Crippen molar-refractivity contribution in [2.75, 3.05) is 11.9 Å². The molecule has 0 unspecified atom stereocenters. The average Bonchev–Trinajstić information content (AvgIpc) is 2.89. The number of carbonyl (C=O) groups is 2. The van der Waals surface area contributed by atoms with Crippen LogP contribution in [0.5, 0.6) is 0 Å². The predicted molar refractivity (Wildman–Crippen MR) is 91.8 cm³/mol. The quantitative estimate of drug-likeness (QED) is 0.695. The van der Waals surface area contributed by atoms with E-state index in [-0.39, 0.29) is 24.0 Å². The van der Waals surface area contributed by atoms with Crippen LogP contribution in [-0.4, -0.2) is 34.8 Å². The lowest BCUT2D eigenvalue weighted by Crippen LogP contribution is -2.36. The van der Waals surface area contributed by atoms with Gasteiger partial charge in [-0.15, -0.1) is 0 Å². The molecule has 7 nitrogen and oxygen atoms in total. The predicted octanol–water partition coefficient (Wildman–Crippen LogP) is 3.17. The Labute approximate surface area is 142 Å². The number of aromatic amines is 1. The van der Waals surface area contributed by atoms with Gasteiger partial charge in [0.2, 0.25) is 5.91 Å². The molecular weight excluding hydrogens is 308 g/mol. The highest BCUT2D eigenvalue weighted by molar-refractivity contribution is 5.93. The van der Waals surface area contributed by atoms with Crippen LogP contribution in [0.1, 0.15) is 65.0 Å². The molecule has 0 atom stereocenters. The molecule has 2 rings (SSSR count). The number of hydrogen-bond donors (Lipinski definition) is 3. The monoisotopic (exact) mass is 336 g/mol. The van der Waals surface area contributed by atoms with Crippen molar-refractivity contribution in [3.05, 3.63) is 11.8 Å². The Morgan fingerprint density at radius 1 is 1.38 bits per heavy atom. The summed E-state index contributed by atoms with van der Waals surface area (Å²) in [6.07, 6.45) is 3.13. The van der Waals surface area contributed by atoms with Crippen molar-refractivity contribution in [2.24, 2.45) is 5.41 Å². The first-order chi connectivity index (χ1) is 11.3. The Balaban J connectivity index is 1.74. The van der Waals surface area contributed by atoms with E-state index in [2.05, 4.69) is 27.8 Å². The molecule has 0 radical (unpaired) electrons. The molecule has 0 aromatic carbocycles. The molecule has 0 saturated heterocycles. The zero-order valence-corrected chi connectivity index (χ0v) is 14.9. The summed E-state index contributed by atoms with van der Waals surface area (Å²) in [6.45, 7) is 8.31. The van der Waals surface area contributed by atoms with E-state index < -0.39 is 5.41 Å². The van der Waals surface area contributed by atoms with E-state index in [1.165, 1.54) is 0 Å². The van der Waals surface area contributed by atoms with Gasteiger partial charge < -0.3 is 15.4 Å². The molecule has 0 spiro atoms. The number of alkyl carbamates (subject to hydrolysis) is 1. The van der Waals surface area contributed by atoms with Crippen LogP contribution in [0.2, 0.25) is 0 Å². The molecule has 1 saturated carbocycles. The van der Waals surface area contributed by atoms with Gasteiger partial charge in [0.1, 0.15) is 11.9 Å². The standard InChI is InChI=1S/C17H28N4O3/c1-5-6-7-18-16(23)24-12-8-11(9-12)13-10-14(21-20-13)19-15(22)17(2,3)4/h10-12H,5-9H2,1-4H3,(H,18,23)(H2,19,20,21,22). The number of anilines is 1. The molecule has 1 heterocycles. The summed E-state index contributed by atoms with van der Waals surface area (Å²) in [7, 11) is 0. The summed E-state index contributed by atoms with van der Waals surface area (Å²) in [5.41, 5.74) is 0.441. The van der Waals surface area contributed by atoms with Crippen LogP contribution in [0.25, 0.3) is 0 Å². The third-order valence-corrected chi connectivity index (χ3v) is 4.11. The number of rotatable bonds is 6. The zero-order valence-electron chi connectivity index (χ0n) is 14.9. The number of unbranched alkanes of at least 4 members (excludes halogenated alkanes) is 1. The number of nitrogens with one attached hydrogen (secondary N) is 3. The third kappa shape index (κ3) is 4.97. The fourth-order valence-corrected chi connectivity index (χ4v) is 2.38. The summed E-state index contributed by atoms with van der Waals surface area (Å²) in [5.74, 6) is 0.804. The van der Waals surface area contributed by atoms with E-state index in [0.29, 0.717) is 12.4 Å². The second-order valence-electron chi connectivity index (χ2n) is 7.39. The van der Waals surface area contributed by atoms with Crippen LogP contribution in [-0.2, 0) is 9.53 Å². The number of H-pyrrole nitrogens is 1. The van der Waals surface area contributed by atoms with Gasteiger partial charge in [0.05, 0.1) is 5.69 Å². The largest absolute Gasteiger partial charge is 0.446 e. The highest BCUT2D eigenvalue weighted by Gasteiger charge is 2.35. The van der Waals surface area contributed by atoms with Crippen LogP contribution in [0.4, 0.5) is 10.6 Å². The van der Waals surface area contributed by atoms with Gasteiger partial charge in [-0.3, -0.25) is 9.89 Å². The Morgan fingerprint density at radius 2 is 2.08 bits per heavy atom. The Hall–Kier alpha value is -2.05. The van der Waals surface area contributed by atoms with Crippen LogP contribution >= 0.6 is 0 Å². The molecule has 0 bridgehead atoms. The minimum absolute atomic E-state index is 0.0547. The van der Waals surface area contributed by atoms with Crippen molar-refractivity contribution < 1.29 is 14.3 Å². The van der Waals surface area contributed by atoms with Crippen molar-refractivity contribution in [2.45, 2.75) is 65.4 Å². The maximum atomic E-state index is 12.0. The molecule has 1 fully saturated rings. The second kappa shape index (κ2) is 7.68. The first kappa shape index (κ1) is 18.3. The van der Waals surface area contributed by atoms with Gasteiger partial charge in [-0.1, -0.05) is 34.1 Å². The van der Waals surface area contributed by atoms with Crippen molar-refractivity contribution in [3.8, 4) is 0 Å². The summed E-state index contributed by atoms with van der Waals surface area (Å²) in [4.78, 5) is 23.5. The lowest BCUT2D eigenvalue weighted by molar-refractivity contribution is -0.123. The van der Waals surface area contributed by atoms with Crippen molar-refractivity contribution in [1.82, 2.24) is 15.5 Å². The molecular formula is C17H28N4O3. The number of hydrogen-bond acceptors (Lipinski definition) is 4. The molecule has 1 aliphatic carbocycles. The maximum Gasteiger partial charge on any atom is 0.407 e. The minimum atomic E-state index is -0.453. The molecule has 0 aliphatic heterocycles. The third-order valence-electron chi connectivity index (χ3n) is 4.11. The van der Waals surface area contributed by atoms with E-state index in [9.17, 15) is 9.59 Å². The van der Waals surface area contributed by atoms with Gasteiger partial charge in [-0.2, -0.15) is 5.10 Å². The molecule has 1 aromatic heterocycles. The topological polar surface area (TPSA) is 96.1 Å². The number of aromatic nitrogens is 2. The molecule has 2 amide bonds. The summed E-state index contributed by atoms with van der Waals surface area (Å²) < 4.78 is 5.34. The summed E-state index contributed by atoms with van der Waals surface area (Å²) in [5, 5.41) is 12.7. The van der Waals surface area contributed by atoms with E-state index in [1.807, 2.05) is 26.8 Å². The van der Waals surface area contributed by atoms with E-state index >= 15 is 0 Å². The molecule has 134 valence electrons. The first-order valence-electron chi connectivity index (χ1n) is 8.60. The van der Waals surface area contributed by atoms with Gasteiger partial charge in [-0.25, -0.2) is 4.79 Å². The van der Waals surface area contributed by atoms with Crippen molar-refractivity contribution >= 4 is 17.8 Å². The molecule has 3 N–H and O–H groups in total. The summed E-state index contributed by atoms with van der Waals surface area (Å²) in [6, 6.07) is 1.85. The number of ether oxygens (including phenoxy) is 1. The highest BCUT2D eigenvalue weighted by Crippen LogP contribution is 2.38. The second-order valence-corrected chi connectivity index (χ2v) is 7.39. The smallest absolute Gasteiger partial charge is 0.407 e. The van der Waals surface area contributed by atoms with E-state index in [1.54, 1.807) is 0 Å². The van der Waals surface area contributed by atoms with Crippen molar-refractivity contribution in [3.63, 3.8) is 0 Å². The average molecular weight is 336 g/mol. The summed E-state index contributed by atoms with van der Waals surface area (Å²) >= 11 is 0. The van der Waals surface area contributed by atoms with Crippen LogP contribution < -0.4 is 10.6 Å². The zero-order chi connectivity index (χ0) is 17.7. The number of nitrogens with zero attached hydrogens (tertiary/aromatic N) is 1. The number of carbonyl (C=O) groups excluding carboxylic acids is 2. The Kier molecular flexibility index (Phi) is 5.85. The SMILES string of the molecule is CCCCNC(=O)OC1CC(c2cc(NC(=O)C(C)(C)C)[nH]n2)C1.